The molecule has 0 aliphatic heterocycles. The molecule has 0 saturated carbocycles. The van der Waals surface area contributed by atoms with E-state index in [2.05, 4.69) is 4.99 Å². The van der Waals surface area contributed by atoms with Crippen molar-refractivity contribution in [3.8, 4) is 0 Å². The minimum atomic E-state index is -0.286. The monoisotopic (exact) mass is 245 g/mol. The molecule has 0 atom stereocenters. The average molecular weight is 245 g/mol. The molecule has 0 heterocycles. The van der Waals surface area contributed by atoms with E-state index in [1.54, 1.807) is 24.3 Å². The van der Waals surface area contributed by atoms with Gasteiger partial charge in [-0.15, -0.1) is 0 Å². The first-order valence-electron chi connectivity index (χ1n) is 4.90. The summed E-state index contributed by atoms with van der Waals surface area (Å²) in [6, 6.07) is 13.4. The van der Waals surface area contributed by atoms with E-state index in [9.17, 15) is 9.18 Å². The van der Waals surface area contributed by atoms with Crippen molar-refractivity contribution in [3.63, 3.8) is 0 Å². The van der Waals surface area contributed by atoms with Crippen LogP contribution in [-0.2, 0) is 4.79 Å². The van der Waals surface area contributed by atoms with Crippen molar-refractivity contribution in [2.45, 2.75) is 9.79 Å². The van der Waals surface area contributed by atoms with Crippen LogP contribution in [-0.4, -0.2) is 6.08 Å². The molecule has 0 amide bonds. The summed E-state index contributed by atoms with van der Waals surface area (Å²) in [6.45, 7) is 0. The van der Waals surface area contributed by atoms with Crippen LogP contribution in [0.4, 0.5) is 10.1 Å². The molecule has 4 heteroatoms. The Morgan fingerprint density at radius 3 is 2.71 bits per heavy atom. The Morgan fingerprint density at radius 1 is 1.12 bits per heavy atom. The third-order valence-electron chi connectivity index (χ3n) is 2.06. The van der Waals surface area contributed by atoms with E-state index >= 15 is 0 Å². The summed E-state index contributed by atoms with van der Waals surface area (Å²) in [7, 11) is 0. The Balaban J connectivity index is 2.33. The molecule has 0 unspecified atom stereocenters. The average Bonchev–Trinajstić information content (AvgIpc) is 2.32. The zero-order valence-corrected chi connectivity index (χ0v) is 9.58. The van der Waals surface area contributed by atoms with E-state index in [0.717, 1.165) is 9.79 Å². The summed E-state index contributed by atoms with van der Waals surface area (Å²) < 4.78 is 13.0. The Hall–Kier alpha value is -1.90. The molecule has 84 valence electrons. The van der Waals surface area contributed by atoms with Crippen LogP contribution in [0.5, 0.6) is 0 Å². The number of isocyanates is 1. The molecule has 0 radical (unpaired) electrons. The number of nitrogens with zero attached hydrogens (tertiary/aromatic N) is 1. The lowest BCUT2D eigenvalue weighted by atomic mass is 10.3. The molecular weight excluding hydrogens is 237 g/mol. The Kier molecular flexibility index (Phi) is 3.70. The molecule has 0 saturated heterocycles. The standard InChI is InChI=1S/C13H8FNOS/c14-10-4-3-5-11(8-10)17-13-7-2-1-6-12(13)15-9-16/h1-8H. The van der Waals surface area contributed by atoms with E-state index in [1.807, 2.05) is 12.1 Å². The van der Waals surface area contributed by atoms with Gasteiger partial charge in [0.25, 0.3) is 0 Å². The number of rotatable bonds is 3. The second-order valence-corrected chi connectivity index (χ2v) is 4.35. The fourth-order valence-electron chi connectivity index (χ4n) is 1.34. The van der Waals surface area contributed by atoms with Crippen molar-refractivity contribution in [1.82, 2.24) is 0 Å². The van der Waals surface area contributed by atoms with Gasteiger partial charge in [0.15, 0.2) is 0 Å². The highest BCUT2D eigenvalue weighted by atomic mass is 32.2. The number of hydrogen-bond donors (Lipinski definition) is 0. The van der Waals surface area contributed by atoms with Gasteiger partial charge in [-0.2, -0.15) is 4.99 Å². The van der Waals surface area contributed by atoms with Crippen molar-refractivity contribution in [2.24, 2.45) is 4.99 Å². The van der Waals surface area contributed by atoms with Crippen molar-refractivity contribution < 1.29 is 9.18 Å². The Labute approximate surface area is 102 Å². The predicted molar refractivity (Wildman–Crippen MR) is 64.7 cm³/mol. The van der Waals surface area contributed by atoms with Crippen LogP contribution < -0.4 is 0 Å². The number of carbonyl (C=O) groups excluding carboxylic acids is 1. The molecule has 2 aromatic rings. The van der Waals surface area contributed by atoms with Gasteiger partial charge in [0.2, 0.25) is 6.08 Å². The van der Waals surface area contributed by atoms with Gasteiger partial charge in [0.05, 0.1) is 5.69 Å². The minimum Gasteiger partial charge on any atom is -0.211 e. The molecule has 0 bridgehead atoms. The third kappa shape index (κ3) is 3.03. The van der Waals surface area contributed by atoms with Crippen molar-refractivity contribution >= 4 is 23.5 Å². The van der Waals surface area contributed by atoms with E-state index in [0.29, 0.717) is 5.69 Å². The molecule has 0 aliphatic carbocycles. The normalized spacial score (nSPS) is 9.71. The van der Waals surface area contributed by atoms with Gasteiger partial charge >= 0.3 is 0 Å². The van der Waals surface area contributed by atoms with Gasteiger partial charge in [-0.3, -0.25) is 0 Å². The molecule has 17 heavy (non-hydrogen) atoms. The maximum atomic E-state index is 13.0. The third-order valence-corrected chi connectivity index (χ3v) is 3.11. The smallest absolute Gasteiger partial charge is 0.211 e. The van der Waals surface area contributed by atoms with E-state index in [1.165, 1.54) is 30.0 Å². The molecule has 2 rings (SSSR count). The largest absolute Gasteiger partial charge is 0.240 e. The SMILES string of the molecule is O=C=Nc1ccccc1Sc1cccc(F)c1. The molecule has 0 spiro atoms. The van der Waals surface area contributed by atoms with Crippen LogP contribution in [0.25, 0.3) is 0 Å². The summed E-state index contributed by atoms with van der Waals surface area (Å²) >= 11 is 1.36. The van der Waals surface area contributed by atoms with Crippen LogP contribution in [0.15, 0.2) is 63.3 Å². The maximum Gasteiger partial charge on any atom is 0.240 e. The van der Waals surface area contributed by atoms with Crippen LogP contribution in [0.1, 0.15) is 0 Å². The molecule has 0 fully saturated rings. The number of hydrogen-bond acceptors (Lipinski definition) is 3. The number of benzene rings is 2. The molecule has 0 aliphatic rings. The van der Waals surface area contributed by atoms with Gasteiger partial charge < -0.3 is 0 Å². The summed E-state index contributed by atoms with van der Waals surface area (Å²) in [4.78, 5) is 15.4. The lowest BCUT2D eigenvalue weighted by Crippen LogP contribution is -1.77. The topological polar surface area (TPSA) is 29.4 Å². The summed E-state index contributed by atoms with van der Waals surface area (Å²) in [5.74, 6) is -0.286. The predicted octanol–water partition coefficient (Wildman–Crippen LogP) is 3.94. The first kappa shape index (κ1) is 11.6. The number of halogens is 1. The zero-order chi connectivity index (χ0) is 12.1. The van der Waals surface area contributed by atoms with Crippen LogP contribution in [0, 0.1) is 5.82 Å². The Bertz CT molecular complexity index is 579. The summed E-state index contributed by atoms with van der Waals surface area (Å²) in [5, 5.41) is 0. The lowest BCUT2D eigenvalue weighted by Gasteiger charge is -2.03. The fraction of sp³-hybridized carbons (Fsp3) is 0. The van der Waals surface area contributed by atoms with Crippen molar-refractivity contribution in [2.75, 3.05) is 0 Å². The Morgan fingerprint density at radius 2 is 1.94 bits per heavy atom. The highest BCUT2D eigenvalue weighted by Crippen LogP contribution is 2.34. The quantitative estimate of drug-likeness (QED) is 0.605. The summed E-state index contributed by atoms with van der Waals surface area (Å²) in [5.41, 5.74) is 0.539. The van der Waals surface area contributed by atoms with Gasteiger partial charge in [0.1, 0.15) is 5.82 Å². The van der Waals surface area contributed by atoms with E-state index in [4.69, 9.17) is 0 Å². The highest BCUT2D eigenvalue weighted by Gasteiger charge is 2.03. The zero-order valence-electron chi connectivity index (χ0n) is 8.76. The summed E-state index contributed by atoms with van der Waals surface area (Å²) in [6.07, 6.45) is 1.51. The molecule has 2 nitrogen and oxygen atoms in total. The van der Waals surface area contributed by atoms with Crippen LogP contribution >= 0.6 is 11.8 Å². The van der Waals surface area contributed by atoms with Crippen molar-refractivity contribution in [1.29, 1.82) is 0 Å². The maximum absolute atomic E-state index is 13.0. The molecule has 0 aromatic heterocycles. The lowest BCUT2D eigenvalue weighted by molar-refractivity contribution is 0.565. The van der Waals surface area contributed by atoms with Gasteiger partial charge in [0, 0.05) is 9.79 Å². The number of para-hydroxylation sites is 1. The van der Waals surface area contributed by atoms with E-state index < -0.39 is 0 Å². The van der Waals surface area contributed by atoms with Crippen LogP contribution in [0.2, 0.25) is 0 Å². The first-order chi connectivity index (χ1) is 8.29. The van der Waals surface area contributed by atoms with Gasteiger partial charge in [-0.05, 0) is 30.3 Å². The second-order valence-electron chi connectivity index (χ2n) is 3.23. The van der Waals surface area contributed by atoms with Gasteiger partial charge in [-0.1, -0.05) is 30.0 Å². The van der Waals surface area contributed by atoms with E-state index in [-0.39, 0.29) is 5.82 Å². The highest BCUT2D eigenvalue weighted by molar-refractivity contribution is 7.99. The van der Waals surface area contributed by atoms with Crippen molar-refractivity contribution in [3.05, 3.63) is 54.3 Å². The first-order valence-corrected chi connectivity index (χ1v) is 5.71. The second kappa shape index (κ2) is 5.43. The molecule has 2 aromatic carbocycles. The minimum absolute atomic E-state index is 0.286. The van der Waals surface area contributed by atoms with Gasteiger partial charge in [-0.25, -0.2) is 9.18 Å². The molecule has 0 N–H and O–H groups in total. The molecular formula is C13H8FNOS. The van der Waals surface area contributed by atoms with Crippen LogP contribution in [0.3, 0.4) is 0 Å². The number of aliphatic imine (C=N–C) groups is 1. The fourth-order valence-corrected chi connectivity index (χ4v) is 2.28.